The van der Waals surface area contributed by atoms with Crippen molar-refractivity contribution in [1.82, 2.24) is 14.9 Å². The largest absolute Gasteiger partial charge is 0.489 e. The summed E-state index contributed by atoms with van der Waals surface area (Å²) in [4.78, 5) is 11.6. The molecule has 2 N–H and O–H groups in total. The summed E-state index contributed by atoms with van der Waals surface area (Å²) in [5.41, 5.74) is 4.51. The lowest BCUT2D eigenvalue weighted by atomic mass is 9.89. The molecule has 2 aromatic carbocycles. The van der Waals surface area contributed by atoms with Crippen LogP contribution in [0.1, 0.15) is 43.7 Å². The number of piperidine rings is 1. The lowest BCUT2D eigenvalue weighted by molar-refractivity contribution is 0.241. The second-order valence-electron chi connectivity index (χ2n) is 9.65. The Labute approximate surface area is 214 Å². The molecule has 0 spiro atoms. The molecule has 188 valence electrons. The molecule has 4 aromatic rings. The van der Waals surface area contributed by atoms with Gasteiger partial charge in [0, 0.05) is 16.5 Å². The predicted octanol–water partition coefficient (Wildman–Crippen LogP) is 6.33. The molecule has 0 bridgehead atoms. The first-order valence-electron chi connectivity index (χ1n) is 12.3. The van der Waals surface area contributed by atoms with Crippen LogP contribution in [-0.2, 0) is 6.61 Å². The standard InChI is InChI=1S/C28H31FN4O2S/c1-17(2)35-25-13-20(19-8-10-33(3)11-9-19)5-7-24(25)31-28-30-14-26-27(32-28)22(16-36-26)21-12-18(15-34)4-6-23(21)29/h4-7,12-14,16-17,19,34H,8-11,15H2,1-3H3,(H,30,31,32). The lowest BCUT2D eigenvalue weighted by Crippen LogP contribution is -2.29. The second kappa shape index (κ2) is 10.5. The maximum absolute atomic E-state index is 14.7. The Morgan fingerprint density at radius 3 is 2.72 bits per heavy atom. The smallest absolute Gasteiger partial charge is 0.227 e. The minimum atomic E-state index is -0.350. The van der Waals surface area contributed by atoms with Crippen LogP contribution in [0.5, 0.6) is 5.75 Å². The second-order valence-corrected chi connectivity index (χ2v) is 10.6. The van der Waals surface area contributed by atoms with Gasteiger partial charge in [0.25, 0.3) is 0 Å². The van der Waals surface area contributed by atoms with Crippen molar-refractivity contribution < 1.29 is 14.2 Å². The van der Waals surface area contributed by atoms with Crippen LogP contribution in [0.25, 0.3) is 21.3 Å². The van der Waals surface area contributed by atoms with Crippen LogP contribution in [0.4, 0.5) is 16.0 Å². The number of halogens is 1. The van der Waals surface area contributed by atoms with Crippen molar-refractivity contribution in [2.45, 2.75) is 45.3 Å². The molecule has 0 aliphatic carbocycles. The number of nitrogens with one attached hydrogen (secondary N) is 1. The summed E-state index contributed by atoms with van der Waals surface area (Å²) in [5, 5.41) is 14.7. The summed E-state index contributed by atoms with van der Waals surface area (Å²) < 4.78 is 21.7. The summed E-state index contributed by atoms with van der Waals surface area (Å²) in [6, 6.07) is 11.0. The third-order valence-corrected chi connectivity index (χ3v) is 7.53. The van der Waals surface area contributed by atoms with E-state index >= 15 is 0 Å². The number of nitrogens with zero attached hydrogens (tertiary/aromatic N) is 3. The fourth-order valence-electron chi connectivity index (χ4n) is 4.67. The van der Waals surface area contributed by atoms with Gasteiger partial charge in [0.2, 0.25) is 5.95 Å². The van der Waals surface area contributed by atoms with Crippen molar-refractivity contribution >= 4 is 33.2 Å². The number of aliphatic hydroxyl groups is 1. The molecule has 0 atom stereocenters. The minimum absolute atomic E-state index is 0.0203. The van der Waals surface area contributed by atoms with E-state index in [9.17, 15) is 9.50 Å². The molecule has 0 saturated carbocycles. The van der Waals surface area contributed by atoms with Gasteiger partial charge < -0.3 is 20.1 Å². The number of benzene rings is 2. The van der Waals surface area contributed by atoms with Gasteiger partial charge in [-0.05, 0) is 88.1 Å². The molecular weight excluding hydrogens is 475 g/mol. The Balaban J connectivity index is 1.47. The Morgan fingerprint density at radius 2 is 1.97 bits per heavy atom. The molecule has 0 unspecified atom stereocenters. The quantitative estimate of drug-likeness (QED) is 0.305. The molecule has 6 nitrogen and oxygen atoms in total. The van der Waals surface area contributed by atoms with Crippen LogP contribution < -0.4 is 10.1 Å². The third-order valence-electron chi connectivity index (χ3n) is 6.62. The van der Waals surface area contributed by atoms with Crippen LogP contribution in [0.15, 0.2) is 48.0 Å². The fraction of sp³-hybridized carbons (Fsp3) is 0.357. The Morgan fingerprint density at radius 1 is 1.17 bits per heavy atom. The van der Waals surface area contributed by atoms with E-state index in [1.807, 2.05) is 25.3 Å². The molecule has 0 amide bonds. The van der Waals surface area contributed by atoms with Gasteiger partial charge in [-0.3, -0.25) is 0 Å². The first-order chi connectivity index (χ1) is 17.4. The van der Waals surface area contributed by atoms with E-state index in [1.165, 1.54) is 23.0 Å². The van der Waals surface area contributed by atoms with Crippen molar-refractivity contribution in [2.24, 2.45) is 0 Å². The van der Waals surface area contributed by atoms with Gasteiger partial charge in [-0.2, -0.15) is 0 Å². The normalized spacial score (nSPS) is 15.1. The fourth-order valence-corrected chi connectivity index (χ4v) is 5.53. The summed E-state index contributed by atoms with van der Waals surface area (Å²) in [6.07, 6.45) is 4.05. The van der Waals surface area contributed by atoms with E-state index in [4.69, 9.17) is 9.72 Å². The number of hydrogen-bond acceptors (Lipinski definition) is 7. The van der Waals surface area contributed by atoms with Crippen molar-refractivity contribution in [3.8, 4) is 16.9 Å². The Bertz CT molecular complexity index is 1370. The molecule has 8 heteroatoms. The van der Waals surface area contributed by atoms with Gasteiger partial charge >= 0.3 is 0 Å². The van der Waals surface area contributed by atoms with Crippen LogP contribution >= 0.6 is 11.3 Å². The van der Waals surface area contributed by atoms with Gasteiger partial charge in [-0.1, -0.05) is 12.1 Å². The highest BCUT2D eigenvalue weighted by molar-refractivity contribution is 7.17. The number of aliphatic hydroxyl groups excluding tert-OH is 1. The number of ether oxygens (including phenoxy) is 1. The molecule has 1 saturated heterocycles. The average Bonchev–Trinajstić information content (AvgIpc) is 3.29. The zero-order valence-electron chi connectivity index (χ0n) is 20.8. The van der Waals surface area contributed by atoms with E-state index in [-0.39, 0.29) is 18.5 Å². The van der Waals surface area contributed by atoms with Gasteiger partial charge in [-0.15, -0.1) is 11.3 Å². The summed E-state index contributed by atoms with van der Waals surface area (Å²) >= 11 is 1.47. The molecule has 0 radical (unpaired) electrons. The molecule has 1 fully saturated rings. The van der Waals surface area contributed by atoms with Gasteiger partial charge in [0.1, 0.15) is 11.6 Å². The summed E-state index contributed by atoms with van der Waals surface area (Å²) in [7, 11) is 2.17. The van der Waals surface area contributed by atoms with Crippen molar-refractivity contribution in [3.05, 3.63) is 64.9 Å². The topological polar surface area (TPSA) is 70.5 Å². The molecular formula is C28H31FN4O2S. The SMILES string of the molecule is CC(C)Oc1cc(C2CCN(C)CC2)ccc1Nc1ncc2scc(-c3cc(CO)ccc3F)c2n1. The van der Waals surface area contributed by atoms with E-state index in [1.54, 1.807) is 18.3 Å². The van der Waals surface area contributed by atoms with E-state index in [0.717, 1.165) is 42.1 Å². The van der Waals surface area contributed by atoms with Crippen LogP contribution in [0.2, 0.25) is 0 Å². The molecule has 3 heterocycles. The van der Waals surface area contributed by atoms with Crippen molar-refractivity contribution in [2.75, 3.05) is 25.5 Å². The molecule has 1 aliphatic heterocycles. The molecule has 1 aliphatic rings. The Kier molecular flexibility index (Phi) is 7.18. The maximum atomic E-state index is 14.7. The monoisotopic (exact) mass is 506 g/mol. The predicted molar refractivity (Wildman–Crippen MR) is 144 cm³/mol. The highest BCUT2D eigenvalue weighted by Crippen LogP contribution is 2.37. The van der Waals surface area contributed by atoms with Crippen LogP contribution in [0.3, 0.4) is 0 Å². The zero-order valence-corrected chi connectivity index (χ0v) is 21.6. The third kappa shape index (κ3) is 5.21. The van der Waals surface area contributed by atoms with Crippen LogP contribution in [0, 0.1) is 5.82 Å². The number of rotatable bonds is 7. The number of thiophene rings is 1. The van der Waals surface area contributed by atoms with Gasteiger partial charge in [-0.25, -0.2) is 14.4 Å². The summed E-state index contributed by atoms with van der Waals surface area (Å²) in [5.74, 6) is 1.37. The minimum Gasteiger partial charge on any atom is -0.489 e. The molecule has 36 heavy (non-hydrogen) atoms. The van der Waals surface area contributed by atoms with Crippen molar-refractivity contribution in [3.63, 3.8) is 0 Å². The average molecular weight is 507 g/mol. The maximum Gasteiger partial charge on any atom is 0.227 e. The lowest BCUT2D eigenvalue weighted by Gasteiger charge is -2.29. The van der Waals surface area contributed by atoms with Crippen LogP contribution in [-0.4, -0.2) is 46.2 Å². The van der Waals surface area contributed by atoms with Gasteiger partial charge in [0.05, 0.1) is 34.8 Å². The Hall–Kier alpha value is -3.07. The zero-order chi connectivity index (χ0) is 25.2. The number of likely N-dealkylation sites (tertiary alicyclic amines) is 1. The van der Waals surface area contributed by atoms with Gasteiger partial charge in [0.15, 0.2) is 0 Å². The molecule has 2 aromatic heterocycles. The van der Waals surface area contributed by atoms with E-state index in [0.29, 0.717) is 34.1 Å². The van der Waals surface area contributed by atoms with E-state index < -0.39 is 0 Å². The van der Waals surface area contributed by atoms with E-state index in [2.05, 4.69) is 34.4 Å². The summed E-state index contributed by atoms with van der Waals surface area (Å²) in [6.45, 7) is 6.08. The number of fused-ring (bicyclic) bond motifs is 1. The number of hydrogen-bond donors (Lipinski definition) is 2. The highest BCUT2D eigenvalue weighted by Gasteiger charge is 2.21. The molecule has 5 rings (SSSR count). The highest BCUT2D eigenvalue weighted by atomic mass is 32.1. The number of aromatic nitrogens is 2. The first-order valence-corrected chi connectivity index (χ1v) is 13.2. The number of anilines is 2. The first kappa shape index (κ1) is 24.6. The van der Waals surface area contributed by atoms with Crippen molar-refractivity contribution in [1.29, 1.82) is 0 Å².